The van der Waals surface area contributed by atoms with Gasteiger partial charge < -0.3 is 9.47 Å². The number of rotatable bonds is 3. The molecule has 0 saturated heterocycles. The van der Waals surface area contributed by atoms with Crippen molar-refractivity contribution in [2.75, 3.05) is 7.05 Å². The van der Waals surface area contributed by atoms with Gasteiger partial charge in [-0.25, -0.2) is 4.79 Å². The molecule has 0 aromatic carbocycles. The number of hydrogen-bond donors (Lipinski definition) is 0. The van der Waals surface area contributed by atoms with E-state index in [4.69, 9.17) is 0 Å². The zero-order valence-electron chi connectivity index (χ0n) is 14.1. The molecule has 0 atom stereocenters. The lowest BCUT2D eigenvalue weighted by Crippen LogP contribution is -2.38. The molecular formula is C17H25N3O3. The SMILES string of the molecule is CN(C(=O)/C=C/c1cn(C)c(=O)n(C)c1=O)C1CCCCCC1. The number of nitrogens with zero attached hydrogens (tertiary/aromatic N) is 3. The van der Waals surface area contributed by atoms with Crippen LogP contribution in [-0.2, 0) is 18.9 Å². The molecule has 6 heteroatoms. The van der Waals surface area contributed by atoms with Gasteiger partial charge >= 0.3 is 5.69 Å². The summed E-state index contributed by atoms with van der Waals surface area (Å²) in [5, 5.41) is 0. The predicted octanol–water partition coefficient (Wildman–Crippen LogP) is 1.28. The van der Waals surface area contributed by atoms with E-state index in [1.807, 2.05) is 7.05 Å². The Kier molecular flexibility index (Phi) is 5.58. The third kappa shape index (κ3) is 4.00. The Morgan fingerprint density at radius 3 is 2.39 bits per heavy atom. The van der Waals surface area contributed by atoms with Gasteiger partial charge in [0.25, 0.3) is 5.56 Å². The average Bonchev–Trinajstić information content (AvgIpc) is 2.83. The number of carbonyl (C=O) groups excluding carboxylic acids is 1. The molecule has 0 bridgehead atoms. The average molecular weight is 319 g/mol. The van der Waals surface area contributed by atoms with E-state index in [2.05, 4.69) is 0 Å². The van der Waals surface area contributed by atoms with E-state index in [0.29, 0.717) is 5.56 Å². The van der Waals surface area contributed by atoms with Crippen LogP contribution < -0.4 is 11.2 Å². The summed E-state index contributed by atoms with van der Waals surface area (Å²) in [6, 6.07) is 0.276. The van der Waals surface area contributed by atoms with Crippen LogP contribution in [0.3, 0.4) is 0 Å². The molecule has 0 unspecified atom stereocenters. The summed E-state index contributed by atoms with van der Waals surface area (Å²) in [4.78, 5) is 37.8. The second-order valence-corrected chi connectivity index (χ2v) is 6.27. The van der Waals surface area contributed by atoms with Gasteiger partial charge in [0.15, 0.2) is 0 Å². The standard InChI is InChI=1S/C17H25N3O3/c1-18-12-13(16(22)20(3)17(18)23)10-11-15(21)19(2)14-8-6-4-5-7-9-14/h10-12,14H,4-9H2,1-3H3/b11-10+. The van der Waals surface area contributed by atoms with Crippen molar-refractivity contribution in [3.05, 3.63) is 38.7 Å². The molecule has 1 amide bonds. The van der Waals surface area contributed by atoms with Crippen molar-refractivity contribution in [3.8, 4) is 0 Å². The van der Waals surface area contributed by atoms with Crippen LogP contribution in [0.25, 0.3) is 6.08 Å². The topological polar surface area (TPSA) is 64.3 Å². The first-order valence-electron chi connectivity index (χ1n) is 8.13. The second-order valence-electron chi connectivity index (χ2n) is 6.27. The molecule has 1 heterocycles. The van der Waals surface area contributed by atoms with Crippen LogP contribution in [0, 0.1) is 0 Å². The lowest BCUT2D eigenvalue weighted by molar-refractivity contribution is -0.126. The second kappa shape index (κ2) is 7.44. The highest BCUT2D eigenvalue weighted by Gasteiger charge is 2.19. The van der Waals surface area contributed by atoms with Crippen LogP contribution in [0.2, 0.25) is 0 Å². The van der Waals surface area contributed by atoms with Gasteiger partial charge in [-0.05, 0) is 18.9 Å². The minimum atomic E-state index is -0.394. The van der Waals surface area contributed by atoms with Gasteiger partial charge in [-0.3, -0.25) is 14.2 Å². The third-order valence-corrected chi connectivity index (χ3v) is 4.60. The molecule has 0 aliphatic heterocycles. The van der Waals surface area contributed by atoms with Crippen molar-refractivity contribution in [2.45, 2.75) is 44.6 Å². The molecule has 0 radical (unpaired) electrons. The first-order chi connectivity index (χ1) is 10.9. The van der Waals surface area contributed by atoms with Crippen molar-refractivity contribution in [3.63, 3.8) is 0 Å². The summed E-state index contributed by atoms with van der Waals surface area (Å²) in [6.45, 7) is 0. The van der Waals surface area contributed by atoms with Gasteiger partial charge in [0.2, 0.25) is 5.91 Å². The Morgan fingerprint density at radius 2 is 1.78 bits per heavy atom. The molecule has 1 aliphatic rings. The maximum Gasteiger partial charge on any atom is 0.330 e. The summed E-state index contributed by atoms with van der Waals surface area (Å²) in [5.41, 5.74) is -0.444. The summed E-state index contributed by atoms with van der Waals surface area (Å²) < 4.78 is 2.37. The molecule has 6 nitrogen and oxygen atoms in total. The molecule has 0 N–H and O–H groups in total. The molecule has 1 aliphatic carbocycles. The van der Waals surface area contributed by atoms with Crippen molar-refractivity contribution in [2.24, 2.45) is 14.1 Å². The third-order valence-electron chi connectivity index (χ3n) is 4.60. The van der Waals surface area contributed by atoms with Gasteiger partial charge in [-0.2, -0.15) is 0 Å². The monoisotopic (exact) mass is 319 g/mol. The van der Waals surface area contributed by atoms with Crippen molar-refractivity contribution in [1.82, 2.24) is 14.0 Å². The molecule has 1 saturated carbocycles. The van der Waals surface area contributed by atoms with Gasteiger partial charge in [0.05, 0.1) is 5.56 Å². The Morgan fingerprint density at radius 1 is 1.17 bits per heavy atom. The van der Waals surface area contributed by atoms with Crippen molar-refractivity contribution in [1.29, 1.82) is 0 Å². The lowest BCUT2D eigenvalue weighted by atomic mass is 10.1. The molecule has 23 heavy (non-hydrogen) atoms. The summed E-state index contributed by atoms with van der Waals surface area (Å²) >= 11 is 0. The minimum absolute atomic E-state index is 0.104. The van der Waals surface area contributed by atoms with Crippen LogP contribution in [0.4, 0.5) is 0 Å². The van der Waals surface area contributed by atoms with Crippen LogP contribution in [0.1, 0.15) is 44.1 Å². The number of carbonyl (C=O) groups is 1. The van der Waals surface area contributed by atoms with Crippen LogP contribution >= 0.6 is 0 Å². The van der Waals surface area contributed by atoms with Gasteiger partial charge in [0, 0.05) is 39.5 Å². The smallest absolute Gasteiger partial charge is 0.330 e. The van der Waals surface area contributed by atoms with E-state index in [1.165, 1.54) is 42.8 Å². The van der Waals surface area contributed by atoms with Crippen LogP contribution in [0.5, 0.6) is 0 Å². The van der Waals surface area contributed by atoms with E-state index in [9.17, 15) is 14.4 Å². The highest BCUT2D eigenvalue weighted by Crippen LogP contribution is 2.21. The Balaban J connectivity index is 2.15. The Labute approximate surface area is 136 Å². The number of hydrogen-bond acceptors (Lipinski definition) is 3. The molecule has 1 aromatic heterocycles. The Bertz CT molecular complexity index is 707. The molecule has 1 aromatic rings. The minimum Gasteiger partial charge on any atom is -0.339 e. The molecular weight excluding hydrogens is 294 g/mol. The van der Waals surface area contributed by atoms with Gasteiger partial charge in [-0.15, -0.1) is 0 Å². The molecule has 2 rings (SSSR count). The van der Waals surface area contributed by atoms with Crippen LogP contribution in [-0.4, -0.2) is 33.0 Å². The molecule has 0 spiro atoms. The largest absolute Gasteiger partial charge is 0.339 e. The highest BCUT2D eigenvalue weighted by molar-refractivity contribution is 5.91. The number of aromatic nitrogens is 2. The van der Waals surface area contributed by atoms with Crippen molar-refractivity contribution < 1.29 is 4.79 Å². The maximum atomic E-state index is 12.3. The molecule has 126 valence electrons. The summed E-state index contributed by atoms with van der Waals surface area (Å²) in [7, 11) is 4.83. The molecule has 1 fully saturated rings. The van der Waals surface area contributed by atoms with E-state index in [0.717, 1.165) is 30.3 Å². The first kappa shape index (κ1) is 17.2. The fourth-order valence-electron chi connectivity index (χ4n) is 3.05. The highest BCUT2D eigenvalue weighted by atomic mass is 16.2. The maximum absolute atomic E-state index is 12.3. The zero-order chi connectivity index (χ0) is 17.0. The summed E-state index contributed by atoms with van der Waals surface area (Å²) in [6.07, 6.45) is 11.3. The fourth-order valence-corrected chi connectivity index (χ4v) is 3.05. The quantitative estimate of drug-likeness (QED) is 0.623. The van der Waals surface area contributed by atoms with Crippen LogP contribution in [0.15, 0.2) is 21.9 Å². The Hall–Kier alpha value is -2.11. The predicted molar refractivity (Wildman–Crippen MR) is 90.2 cm³/mol. The van der Waals surface area contributed by atoms with Crippen molar-refractivity contribution >= 4 is 12.0 Å². The van der Waals surface area contributed by atoms with Gasteiger partial charge in [0.1, 0.15) is 0 Å². The number of amides is 1. The first-order valence-corrected chi connectivity index (χ1v) is 8.13. The van der Waals surface area contributed by atoms with Gasteiger partial charge in [-0.1, -0.05) is 25.7 Å². The van der Waals surface area contributed by atoms with E-state index < -0.39 is 5.56 Å². The van der Waals surface area contributed by atoms with E-state index in [1.54, 1.807) is 11.9 Å². The fraction of sp³-hybridized carbons (Fsp3) is 0.588. The number of aryl methyl sites for hydroxylation is 1. The van der Waals surface area contributed by atoms with E-state index >= 15 is 0 Å². The normalized spacial score (nSPS) is 16.5. The zero-order valence-corrected chi connectivity index (χ0v) is 14.1. The number of likely N-dealkylation sites (N-methyl/N-ethyl adjacent to an activating group) is 1. The lowest BCUT2D eigenvalue weighted by Gasteiger charge is -2.26. The summed E-state index contributed by atoms with van der Waals surface area (Å²) in [5.74, 6) is -0.104. The van der Waals surface area contributed by atoms with E-state index in [-0.39, 0.29) is 17.6 Å².